The summed E-state index contributed by atoms with van der Waals surface area (Å²) >= 11 is 0. The van der Waals surface area contributed by atoms with Crippen LogP contribution in [0.1, 0.15) is 61.3 Å². The first-order valence-electron chi connectivity index (χ1n) is 6.12. The van der Waals surface area contributed by atoms with Crippen LogP contribution in [-0.4, -0.2) is 23.5 Å². The highest BCUT2D eigenvalue weighted by Crippen LogP contribution is 2.28. The summed E-state index contributed by atoms with van der Waals surface area (Å²) in [6, 6.07) is 1.32. The van der Waals surface area contributed by atoms with E-state index in [2.05, 4.69) is 53.4 Å². The van der Waals surface area contributed by atoms with Gasteiger partial charge in [0.15, 0.2) is 0 Å². The summed E-state index contributed by atoms with van der Waals surface area (Å²) < 4.78 is 0. The maximum absolute atomic E-state index is 2.60. The Balaban J connectivity index is 4.42. The highest BCUT2D eigenvalue weighted by atomic mass is 15.2. The second kappa shape index (κ2) is 5.75. The molecule has 0 aromatic carbocycles. The molecule has 0 radical (unpaired) electrons. The van der Waals surface area contributed by atoms with Crippen molar-refractivity contribution < 1.29 is 0 Å². The van der Waals surface area contributed by atoms with E-state index in [0.717, 1.165) is 0 Å². The van der Waals surface area contributed by atoms with Gasteiger partial charge in [0.1, 0.15) is 0 Å². The minimum atomic E-state index is 0.495. The third-order valence-corrected chi connectivity index (χ3v) is 3.60. The predicted molar refractivity (Wildman–Crippen MR) is 65.7 cm³/mol. The summed E-state index contributed by atoms with van der Waals surface area (Å²) in [5, 5.41) is 0. The van der Waals surface area contributed by atoms with E-state index in [9.17, 15) is 0 Å². The van der Waals surface area contributed by atoms with Gasteiger partial charge in [0, 0.05) is 18.6 Å². The van der Waals surface area contributed by atoms with Crippen molar-refractivity contribution in [3.63, 3.8) is 0 Å². The van der Waals surface area contributed by atoms with Gasteiger partial charge in [0.05, 0.1) is 0 Å². The lowest BCUT2D eigenvalue weighted by Crippen LogP contribution is -2.43. The molecule has 1 nitrogen and oxygen atoms in total. The third kappa shape index (κ3) is 4.00. The van der Waals surface area contributed by atoms with Crippen molar-refractivity contribution in [2.45, 2.75) is 73.4 Å². The number of hydrogen-bond acceptors (Lipinski definition) is 1. The van der Waals surface area contributed by atoms with Crippen LogP contribution in [0, 0.1) is 5.41 Å². The molecule has 0 spiro atoms. The first kappa shape index (κ1) is 14.0. The van der Waals surface area contributed by atoms with E-state index >= 15 is 0 Å². The van der Waals surface area contributed by atoms with Crippen molar-refractivity contribution in [1.29, 1.82) is 0 Å². The van der Waals surface area contributed by atoms with E-state index in [1.165, 1.54) is 19.4 Å². The summed E-state index contributed by atoms with van der Waals surface area (Å²) in [4.78, 5) is 2.60. The van der Waals surface area contributed by atoms with Crippen molar-refractivity contribution in [3.8, 4) is 0 Å². The van der Waals surface area contributed by atoms with E-state index in [1.54, 1.807) is 0 Å². The molecule has 0 aliphatic rings. The lowest BCUT2D eigenvalue weighted by Gasteiger charge is -2.39. The summed E-state index contributed by atoms with van der Waals surface area (Å²) in [5.41, 5.74) is 0.495. The SMILES string of the molecule is CCC(C)(CC)CN(C(C)C)C(C)C. The average Bonchev–Trinajstić information content (AvgIpc) is 2.13. The summed E-state index contributed by atoms with van der Waals surface area (Å²) in [6.07, 6.45) is 2.55. The van der Waals surface area contributed by atoms with E-state index < -0.39 is 0 Å². The van der Waals surface area contributed by atoms with Crippen LogP contribution in [-0.2, 0) is 0 Å². The predicted octanol–water partition coefficient (Wildman–Crippen LogP) is 3.93. The largest absolute Gasteiger partial charge is 0.298 e. The average molecular weight is 199 g/mol. The van der Waals surface area contributed by atoms with E-state index in [0.29, 0.717) is 17.5 Å². The Labute approximate surface area is 90.9 Å². The van der Waals surface area contributed by atoms with E-state index in [-0.39, 0.29) is 0 Å². The van der Waals surface area contributed by atoms with Crippen molar-refractivity contribution in [3.05, 3.63) is 0 Å². The molecule has 0 amide bonds. The molecule has 0 rings (SSSR count). The van der Waals surface area contributed by atoms with Gasteiger partial charge in [-0.3, -0.25) is 4.90 Å². The lowest BCUT2D eigenvalue weighted by molar-refractivity contribution is 0.0960. The van der Waals surface area contributed by atoms with Crippen LogP contribution in [0.15, 0.2) is 0 Å². The van der Waals surface area contributed by atoms with Gasteiger partial charge in [-0.05, 0) is 46.0 Å². The maximum Gasteiger partial charge on any atom is 0.00415 e. The van der Waals surface area contributed by atoms with Crippen LogP contribution in [0.3, 0.4) is 0 Å². The van der Waals surface area contributed by atoms with E-state index in [1.807, 2.05) is 0 Å². The van der Waals surface area contributed by atoms with Gasteiger partial charge in [0.25, 0.3) is 0 Å². The second-order valence-corrected chi connectivity index (χ2v) is 5.38. The molecule has 86 valence electrons. The van der Waals surface area contributed by atoms with E-state index in [4.69, 9.17) is 0 Å². The molecule has 0 N–H and O–H groups in total. The number of hydrogen-bond donors (Lipinski definition) is 0. The number of rotatable bonds is 6. The molecule has 0 atom stereocenters. The molecule has 0 aliphatic heterocycles. The van der Waals surface area contributed by atoms with Gasteiger partial charge >= 0.3 is 0 Å². The van der Waals surface area contributed by atoms with Gasteiger partial charge < -0.3 is 0 Å². The molecular weight excluding hydrogens is 170 g/mol. The zero-order valence-electron chi connectivity index (χ0n) is 11.2. The van der Waals surface area contributed by atoms with Crippen LogP contribution in [0.5, 0.6) is 0 Å². The Kier molecular flexibility index (Phi) is 5.73. The highest BCUT2D eigenvalue weighted by Gasteiger charge is 2.25. The molecule has 0 saturated heterocycles. The zero-order chi connectivity index (χ0) is 11.4. The van der Waals surface area contributed by atoms with Gasteiger partial charge in [-0.2, -0.15) is 0 Å². The standard InChI is InChI=1S/C13H29N/c1-8-13(7,9-2)10-14(11(3)4)12(5)6/h11-12H,8-10H2,1-7H3. The van der Waals surface area contributed by atoms with Crippen molar-refractivity contribution in [1.82, 2.24) is 4.90 Å². The van der Waals surface area contributed by atoms with Crippen LogP contribution < -0.4 is 0 Å². The summed E-state index contributed by atoms with van der Waals surface area (Å²) in [6.45, 7) is 17.4. The van der Waals surface area contributed by atoms with Crippen molar-refractivity contribution in [2.75, 3.05) is 6.54 Å². The minimum Gasteiger partial charge on any atom is -0.298 e. The molecule has 0 aromatic heterocycles. The number of nitrogens with zero attached hydrogens (tertiary/aromatic N) is 1. The Morgan fingerprint density at radius 2 is 1.29 bits per heavy atom. The quantitative estimate of drug-likeness (QED) is 0.626. The normalized spacial score (nSPS) is 13.3. The van der Waals surface area contributed by atoms with Crippen LogP contribution in [0.25, 0.3) is 0 Å². The molecule has 0 bridgehead atoms. The minimum absolute atomic E-state index is 0.495. The molecule has 0 unspecified atom stereocenters. The topological polar surface area (TPSA) is 3.24 Å². The zero-order valence-corrected chi connectivity index (χ0v) is 11.2. The molecule has 0 aromatic rings. The second-order valence-electron chi connectivity index (χ2n) is 5.38. The van der Waals surface area contributed by atoms with Crippen LogP contribution >= 0.6 is 0 Å². The molecule has 0 aliphatic carbocycles. The van der Waals surface area contributed by atoms with Crippen molar-refractivity contribution in [2.24, 2.45) is 5.41 Å². The lowest BCUT2D eigenvalue weighted by atomic mass is 9.83. The molecular formula is C13H29N. The van der Waals surface area contributed by atoms with Gasteiger partial charge in [-0.15, -0.1) is 0 Å². The monoisotopic (exact) mass is 199 g/mol. The van der Waals surface area contributed by atoms with Crippen molar-refractivity contribution >= 4 is 0 Å². The fraction of sp³-hybridized carbons (Fsp3) is 1.00. The van der Waals surface area contributed by atoms with Gasteiger partial charge in [-0.1, -0.05) is 20.8 Å². The first-order valence-corrected chi connectivity index (χ1v) is 6.12. The Morgan fingerprint density at radius 3 is 1.50 bits per heavy atom. The first-order chi connectivity index (χ1) is 6.36. The maximum atomic E-state index is 2.60. The van der Waals surface area contributed by atoms with Gasteiger partial charge in [0.2, 0.25) is 0 Å². The Morgan fingerprint density at radius 1 is 0.929 bits per heavy atom. The molecule has 0 saturated carbocycles. The van der Waals surface area contributed by atoms with Crippen LogP contribution in [0.4, 0.5) is 0 Å². The molecule has 0 fully saturated rings. The summed E-state index contributed by atoms with van der Waals surface area (Å²) in [5.74, 6) is 0. The molecule has 1 heteroatoms. The molecule has 14 heavy (non-hydrogen) atoms. The Bertz CT molecular complexity index is 137. The molecule has 0 heterocycles. The smallest absolute Gasteiger partial charge is 0.00415 e. The van der Waals surface area contributed by atoms with Crippen LogP contribution in [0.2, 0.25) is 0 Å². The highest BCUT2D eigenvalue weighted by molar-refractivity contribution is 4.79. The van der Waals surface area contributed by atoms with Gasteiger partial charge in [-0.25, -0.2) is 0 Å². The fourth-order valence-corrected chi connectivity index (χ4v) is 1.88. The third-order valence-electron chi connectivity index (χ3n) is 3.60. The Hall–Kier alpha value is -0.0400. The summed E-state index contributed by atoms with van der Waals surface area (Å²) in [7, 11) is 0. The fourth-order valence-electron chi connectivity index (χ4n) is 1.88.